The van der Waals surface area contributed by atoms with Crippen LogP contribution in [-0.2, 0) is 5.41 Å². The standard InChI is InChI=1S/C38H29N/c1-38(2)34-16-10-9-15-32(34)33-23-30(21-22-35(33)38)26-17-19-27(20-18-26)31-24-36(28-11-5-3-6-12-28)39-37(25-31)29-13-7-4-8-14-29/h3-25H,1-2H3. The minimum Gasteiger partial charge on any atom is -0.248 e. The molecule has 7 rings (SSSR count). The second-order valence-corrected chi connectivity index (χ2v) is 10.9. The van der Waals surface area contributed by atoms with Crippen molar-refractivity contribution in [3.05, 3.63) is 151 Å². The van der Waals surface area contributed by atoms with Crippen molar-refractivity contribution in [2.24, 2.45) is 0 Å². The monoisotopic (exact) mass is 499 g/mol. The van der Waals surface area contributed by atoms with Crippen LogP contribution in [0.5, 0.6) is 0 Å². The van der Waals surface area contributed by atoms with Crippen molar-refractivity contribution in [3.63, 3.8) is 0 Å². The average Bonchev–Trinajstić information content (AvgIpc) is 3.24. The summed E-state index contributed by atoms with van der Waals surface area (Å²) in [6.07, 6.45) is 0. The van der Waals surface area contributed by atoms with Gasteiger partial charge in [0.05, 0.1) is 11.4 Å². The Hall–Kier alpha value is -4.75. The second-order valence-electron chi connectivity index (χ2n) is 10.9. The molecule has 39 heavy (non-hydrogen) atoms. The molecule has 6 aromatic rings. The number of nitrogens with zero attached hydrogens (tertiary/aromatic N) is 1. The van der Waals surface area contributed by atoms with Crippen molar-refractivity contribution in [1.29, 1.82) is 0 Å². The Kier molecular flexibility index (Phi) is 5.52. The van der Waals surface area contributed by atoms with E-state index in [0.717, 1.165) is 22.5 Å². The van der Waals surface area contributed by atoms with Crippen molar-refractivity contribution >= 4 is 0 Å². The molecule has 0 bridgehead atoms. The number of rotatable bonds is 4. The Bertz CT molecular complexity index is 1740. The average molecular weight is 500 g/mol. The molecule has 186 valence electrons. The lowest BCUT2D eigenvalue weighted by atomic mass is 9.82. The van der Waals surface area contributed by atoms with Crippen LogP contribution >= 0.6 is 0 Å². The maximum absolute atomic E-state index is 5.03. The van der Waals surface area contributed by atoms with Crippen LogP contribution in [0.1, 0.15) is 25.0 Å². The molecule has 0 N–H and O–H groups in total. The lowest BCUT2D eigenvalue weighted by Crippen LogP contribution is -2.14. The Balaban J connectivity index is 1.28. The van der Waals surface area contributed by atoms with Gasteiger partial charge >= 0.3 is 0 Å². The third kappa shape index (κ3) is 4.08. The summed E-state index contributed by atoms with van der Waals surface area (Å²) in [7, 11) is 0. The summed E-state index contributed by atoms with van der Waals surface area (Å²) in [5.74, 6) is 0. The van der Waals surface area contributed by atoms with Crippen molar-refractivity contribution in [2.75, 3.05) is 0 Å². The molecule has 0 amide bonds. The van der Waals surface area contributed by atoms with Gasteiger partial charge in [-0.15, -0.1) is 0 Å². The molecule has 0 radical (unpaired) electrons. The SMILES string of the molecule is CC1(C)c2ccccc2-c2cc(-c3ccc(-c4cc(-c5ccccc5)nc(-c5ccccc5)c4)cc3)ccc21. The summed E-state index contributed by atoms with van der Waals surface area (Å²) >= 11 is 0. The van der Waals surface area contributed by atoms with E-state index in [2.05, 4.69) is 141 Å². The van der Waals surface area contributed by atoms with Crippen molar-refractivity contribution in [2.45, 2.75) is 19.3 Å². The first-order chi connectivity index (χ1) is 19.1. The highest BCUT2D eigenvalue weighted by molar-refractivity contribution is 5.85. The van der Waals surface area contributed by atoms with Crippen LogP contribution in [0.25, 0.3) is 55.9 Å². The minimum absolute atomic E-state index is 0.0303. The van der Waals surface area contributed by atoms with Gasteiger partial charge in [0.25, 0.3) is 0 Å². The van der Waals surface area contributed by atoms with E-state index >= 15 is 0 Å². The summed E-state index contributed by atoms with van der Waals surface area (Å²) < 4.78 is 0. The molecule has 0 atom stereocenters. The lowest BCUT2D eigenvalue weighted by Gasteiger charge is -2.21. The van der Waals surface area contributed by atoms with Crippen molar-refractivity contribution in [3.8, 4) is 55.9 Å². The van der Waals surface area contributed by atoms with Crippen molar-refractivity contribution in [1.82, 2.24) is 4.98 Å². The van der Waals surface area contributed by atoms with Crippen LogP contribution in [-0.4, -0.2) is 4.98 Å². The summed E-state index contributed by atoms with van der Waals surface area (Å²) in [6.45, 7) is 4.66. The van der Waals surface area contributed by atoms with E-state index in [4.69, 9.17) is 4.98 Å². The van der Waals surface area contributed by atoms with Gasteiger partial charge in [0.2, 0.25) is 0 Å². The molecule has 1 heterocycles. The van der Waals surface area contributed by atoms with E-state index in [1.807, 2.05) is 12.1 Å². The Morgan fingerprint density at radius 3 is 1.49 bits per heavy atom. The fraction of sp³-hybridized carbons (Fsp3) is 0.0789. The summed E-state index contributed by atoms with van der Waals surface area (Å²) in [4.78, 5) is 5.03. The summed E-state index contributed by atoms with van der Waals surface area (Å²) in [5, 5.41) is 0. The van der Waals surface area contributed by atoms with Crippen molar-refractivity contribution < 1.29 is 0 Å². The highest BCUT2D eigenvalue weighted by atomic mass is 14.7. The molecule has 1 aliphatic rings. The molecule has 0 unspecified atom stereocenters. The molecule has 0 fully saturated rings. The van der Waals surface area contributed by atoms with Gasteiger partial charge in [0, 0.05) is 16.5 Å². The number of aromatic nitrogens is 1. The number of pyridine rings is 1. The van der Waals surface area contributed by atoms with Crippen LogP contribution in [0, 0.1) is 0 Å². The zero-order chi connectivity index (χ0) is 26.4. The lowest BCUT2D eigenvalue weighted by molar-refractivity contribution is 0.660. The van der Waals surface area contributed by atoms with Crippen LogP contribution in [0.15, 0.2) is 140 Å². The minimum atomic E-state index is 0.0303. The molecular formula is C38H29N. The predicted molar refractivity (Wildman–Crippen MR) is 164 cm³/mol. The molecule has 0 aliphatic heterocycles. The first-order valence-corrected chi connectivity index (χ1v) is 13.6. The maximum Gasteiger partial charge on any atom is 0.0715 e. The fourth-order valence-corrected chi connectivity index (χ4v) is 5.97. The van der Waals surface area contributed by atoms with E-state index in [1.165, 1.54) is 44.5 Å². The number of hydrogen-bond acceptors (Lipinski definition) is 1. The van der Waals surface area contributed by atoms with Gasteiger partial charge in [0.1, 0.15) is 0 Å². The zero-order valence-electron chi connectivity index (χ0n) is 22.2. The summed E-state index contributed by atoms with van der Waals surface area (Å²) in [5.41, 5.74) is 14.6. The molecule has 5 aromatic carbocycles. The van der Waals surface area contributed by atoms with Gasteiger partial charge in [-0.25, -0.2) is 4.98 Å². The molecule has 0 spiro atoms. The Morgan fingerprint density at radius 1 is 0.385 bits per heavy atom. The van der Waals surface area contributed by atoms with Gasteiger partial charge in [-0.1, -0.05) is 135 Å². The predicted octanol–water partition coefficient (Wildman–Crippen LogP) is 10.1. The first-order valence-electron chi connectivity index (χ1n) is 13.6. The third-order valence-electron chi connectivity index (χ3n) is 8.10. The normalized spacial score (nSPS) is 13.1. The number of benzene rings is 5. The highest BCUT2D eigenvalue weighted by Gasteiger charge is 2.35. The van der Waals surface area contributed by atoms with Gasteiger partial charge in [0.15, 0.2) is 0 Å². The quantitative estimate of drug-likeness (QED) is 0.235. The molecule has 1 aliphatic carbocycles. The van der Waals surface area contributed by atoms with E-state index in [0.29, 0.717) is 0 Å². The van der Waals surface area contributed by atoms with Crippen LogP contribution in [0.2, 0.25) is 0 Å². The van der Waals surface area contributed by atoms with E-state index in [1.54, 1.807) is 0 Å². The molecule has 1 aromatic heterocycles. The summed E-state index contributed by atoms with van der Waals surface area (Å²) in [6, 6.07) is 50.0. The highest BCUT2D eigenvalue weighted by Crippen LogP contribution is 2.49. The smallest absolute Gasteiger partial charge is 0.0715 e. The molecule has 0 saturated heterocycles. The molecule has 0 saturated carbocycles. The van der Waals surface area contributed by atoms with E-state index < -0.39 is 0 Å². The number of fused-ring (bicyclic) bond motifs is 3. The molecule has 1 heteroatoms. The maximum atomic E-state index is 5.03. The molecular weight excluding hydrogens is 470 g/mol. The van der Waals surface area contributed by atoms with Gasteiger partial charge in [-0.3, -0.25) is 0 Å². The van der Waals surface area contributed by atoms with E-state index in [9.17, 15) is 0 Å². The second kappa shape index (κ2) is 9.22. The molecule has 1 nitrogen and oxygen atoms in total. The van der Waals surface area contributed by atoms with Crippen LogP contribution < -0.4 is 0 Å². The van der Waals surface area contributed by atoms with Gasteiger partial charge < -0.3 is 0 Å². The van der Waals surface area contributed by atoms with Gasteiger partial charge in [-0.05, 0) is 62.7 Å². The van der Waals surface area contributed by atoms with E-state index in [-0.39, 0.29) is 5.41 Å². The largest absolute Gasteiger partial charge is 0.248 e. The fourth-order valence-electron chi connectivity index (χ4n) is 5.97. The first kappa shape index (κ1) is 23.4. The Labute approximate surface area is 230 Å². The van der Waals surface area contributed by atoms with Crippen LogP contribution in [0.3, 0.4) is 0 Å². The zero-order valence-corrected chi connectivity index (χ0v) is 22.2. The van der Waals surface area contributed by atoms with Gasteiger partial charge in [-0.2, -0.15) is 0 Å². The van der Waals surface area contributed by atoms with Crippen LogP contribution in [0.4, 0.5) is 0 Å². The topological polar surface area (TPSA) is 12.9 Å². The number of hydrogen-bond donors (Lipinski definition) is 0. The third-order valence-corrected chi connectivity index (χ3v) is 8.10. The Morgan fingerprint density at radius 2 is 0.872 bits per heavy atom.